The first-order chi connectivity index (χ1) is 9.11. The Balaban J connectivity index is 2.36. The zero-order valence-corrected chi connectivity index (χ0v) is 11.5. The monoisotopic (exact) mass is 256 g/mol. The van der Waals surface area contributed by atoms with Crippen LogP contribution in [-0.4, -0.2) is 11.1 Å². The summed E-state index contributed by atoms with van der Waals surface area (Å²) in [5.41, 5.74) is 8.99. The molecule has 0 saturated carbocycles. The number of rotatable bonds is 4. The van der Waals surface area contributed by atoms with E-state index in [9.17, 15) is 4.79 Å². The van der Waals surface area contributed by atoms with Gasteiger partial charge in [-0.2, -0.15) is 0 Å². The lowest BCUT2D eigenvalue weighted by Crippen LogP contribution is -2.22. The van der Waals surface area contributed by atoms with Crippen molar-refractivity contribution in [1.82, 2.24) is 4.57 Å². The van der Waals surface area contributed by atoms with Gasteiger partial charge in [-0.3, -0.25) is 4.79 Å². The van der Waals surface area contributed by atoms with Crippen LogP contribution in [0.4, 0.5) is 0 Å². The first kappa shape index (κ1) is 13.6. The van der Waals surface area contributed by atoms with Gasteiger partial charge in [0.1, 0.15) is 0 Å². The van der Waals surface area contributed by atoms with Crippen LogP contribution < -0.4 is 11.3 Å². The van der Waals surface area contributed by atoms with E-state index >= 15 is 0 Å². The molecule has 0 saturated heterocycles. The molecule has 19 heavy (non-hydrogen) atoms. The van der Waals surface area contributed by atoms with E-state index in [4.69, 9.17) is 5.73 Å². The van der Waals surface area contributed by atoms with Gasteiger partial charge in [-0.05, 0) is 28.7 Å². The van der Waals surface area contributed by atoms with Gasteiger partial charge >= 0.3 is 0 Å². The third-order valence-electron chi connectivity index (χ3n) is 3.26. The minimum atomic E-state index is -0.00648. The molecule has 3 nitrogen and oxygen atoms in total. The van der Waals surface area contributed by atoms with Crippen molar-refractivity contribution in [2.75, 3.05) is 6.54 Å². The van der Waals surface area contributed by atoms with Gasteiger partial charge in [-0.15, -0.1) is 0 Å². The maximum absolute atomic E-state index is 11.6. The van der Waals surface area contributed by atoms with E-state index in [1.54, 1.807) is 10.6 Å². The van der Waals surface area contributed by atoms with Gasteiger partial charge in [0.05, 0.1) is 0 Å². The molecule has 1 heterocycles. The third-order valence-corrected chi connectivity index (χ3v) is 3.26. The Hall–Kier alpha value is -1.87. The molecule has 0 aliphatic heterocycles. The highest BCUT2D eigenvalue weighted by molar-refractivity contribution is 5.62. The molecular formula is C16H20N2O. The smallest absolute Gasteiger partial charge is 0.250 e. The van der Waals surface area contributed by atoms with Gasteiger partial charge < -0.3 is 10.3 Å². The van der Waals surface area contributed by atoms with Gasteiger partial charge in [0.25, 0.3) is 5.56 Å². The first-order valence-electron chi connectivity index (χ1n) is 6.62. The second-order valence-corrected chi connectivity index (χ2v) is 5.01. The van der Waals surface area contributed by atoms with Crippen molar-refractivity contribution in [1.29, 1.82) is 0 Å². The second-order valence-electron chi connectivity index (χ2n) is 5.01. The molecule has 1 aromatic heterocycles. The highest BCUT2D eigenvalue weighted by atomic mass is 16.1. The first-order valence-corrected chi connectivity index (χ1v) is 6.62. The van der Waals surface area contributed by atoms with Crippen LogP contribution in [0.25, 0.3) is 11.1 Å². The Labute approximate surface area is 113 Å². The van der Waals surface area contributed by atoms with E-state index in [0.717, 1.165) is 11.1 Å². The largest absolute Gasteiger partial charge is 0.329 e. The molecule has 2 aromatic rings. The van der Waals surface area contributed by atoms with Gasteiger partial charge in [0.2, 0.25) is 0 Å². The molecule has 0 unspecified atom stereocenters. The van der Waals surface area contributed by atoms with Gasteiger partial charge in [-0.1, -0.05) is 38.1 Å². The summed E-state index contributed by atoms with van der Waals surface area (Å²) in [4.78, 5) is 11.6. The minimum absolute atomic E-state index is 0.00648. The molecule has 0 spiro atoms. The number of hydrogen-bond donors (Lipinski definition) is 1. The maximum atomic E-state index is 11.6. The molecule has 100 valence electrons. The van der Waals surface area contributed by atoms with Crippen LogP contribution in [-0.2, 0) is 6.54 Å². The second kappa shape index (κ2) is 5.85. The number of hydrogen-bond acceptors (Lipinski definition) is 2. The number of aromatic nitrogens is 1. The number of nitrogens with two attached hydrogens (primary N) is 1. The van der Waals surface area contributed by atoms with E-state index in [2.05, 4.69) is 38.1 Å². The van der Waals surface area contributed by atoms with Crippen molar-refractivity contribution in [2.45, 2.75) is 26.3 Å². The normalized spacial score (nSPS) is 10.9. The quantitative estimate of drug-likeness (QED) is 0.914. The molecular weight excluding hydrogens is 236 g/mol. The highest BCUT2D eigenvalue weighted by Crippen LogP contribution is 2.21. The summed E-state index contributed by atoms with van der Waals surface area (Å²) in [6.45, 7) is 5.37. The van der Waals surface area contributed by atoms with E-state index in [-0.39, 0.29) is 5.56 Å². The van der Waals surface area contributed by atoms with Crippen molar-refractivity contribution in [3.05, 3.63) is 58.5 Å². The summed E-state index contributed by atoms with van der Waals surface area (Å²) in [6.07, 6.45) is 1.87. The van der Waals surface area contributed by atoms with Crippen molar-refractivity contribution in [3.8, 4) is 11.1 Å². The van der Waals surface area contributed by atoms with Crippen molar-refractivity contribution in [2.24, 2.45) is 5.73 Å². The van der Waals surface area contributed by atoms with Crippen LogP contribution in [0, 0.1) is 0 Å². The molecule has 1 aromatic carbocycles. The molecule has 0 atom stereocenters. The standard InChI is InChI=1S/C16H20N2O/c1-12(2)13-3-5-14(6-4-13)15-7-8-16(19)18(11-15)10-9-17/h3-8,11-12H,9-10,17H2,1-2H3. The molecule has 3 heteroatoms. The predicted octanol–water partition coefficient (Wildman–Crippen LogP) is 2.60. The summed E-state index contributed by atoms with van der Waals surface area (Å²) in [6, 6.07) is 11.9. The van der Waals surface area contributed by atoms with Crippen molar-refractivity contribution < 1.29 is 0 Å². The van der Waals surface area contributed by atoms with Crippen LogP contribution in [0.15, 0.2) is 47.4 Å². The molecule has 0 bridgehead atoms. The molecule has 0 fully saturated rings. The number of pyridine rings is 1. The Kier molecular flexibility index (Phi) is 4.17. The molecule has 2 rings (SSSR count). The number of nitrogens with zero attached hydrogens (tertiary/aromatic N) is 1. The Bertz CT molecular complexity index is 597. The molecule has 2 N–H and O–H groups in total. The Morgan fingerprint density at radius 1 is 1.05 bits per heavy atom. The van der Waals surface area contributed by atoms with Crippen LogP contribution in [0.1, 0.15) is 25.3 Å². The fraction of sp³-hybridized carbons (Fsp3) is 0.312. The summed E-state index contributed by atoms with van der Waals surface area (Å²) >= 11 is 0. The van der Waals surface area contributed by atoms with Gasteiger partial charge in [0.15, 0.2) is 0 Å². The van der Waals surface area contributed by atoms with E-state index in [1.807, 2.05) is 12.3 Å². The molecule has 0 aliphatic rings. The summed E-state index contributed by atoms with van der Waals surface area (Å²) in [5, 5.41) is 0. The molecule has 0 aliphatic carbocycles. The molecule has 0 radical (unpaired) electrons. The lowest BCUT2D eigenvalue weighted by molar-refractivity contribution is 0.682. The fourth-order valence-corrected chi connectivity index (χ4v) is 2.08. The van der Waals surface area contributed by atoms with Gasteiger partial charge in [0, 0.05) is 25.4 Å². The summed E-state index contributed by atoms with van der Waals surface area (Å²) in [7, 11) is 0. The lowest BCUT2D eigenvalue weighted by Gasteiger charge is -2.09. The average Bonchev–Trinajstić information content (AvgIpc) is 2.41. The summed E-state index contributed by atoms with van der Waals surface area (Å²) < 4.78 is 1.66. The Morgan fingerprint density at radius 2 is 1.68 bits per heavy atom. The highest BCUT2D eigenvalue weighted by Gasteiger charge is 2.03. The van der Waals surface area contributed by atoms with Gasteiger partial charge in [-0.25, -0.2) is 0 Å². The minimum Gasteiger partial charge on any atom is -0.329 e. The topological polar surface area (TPSA) is 48.0 Å². The van der Waals surface area contributed by atoms with Crippen LogP contribution in [0.2, 0.25) is 0 Å². The van der Waals surface area contributed by atoms with Crippen molar-refractivity contribution in [3.63, 3.8) is 0 Å². The fourth-order valence-electron chi connectivity index (χ4n) is 2.08. The Morgan fingerprint density at radius 3 is 2.26 bits per heavy atom. The number of benzene rings is 1. The zero-order chi connectivity index (χ0) is 13.8. The van der Waals surface area contributed by atoms with E-state index in [0.29, 0.717) is 19.0 Å². The van der Waals surface area contributed by atoms with E-state index in [1.165, 1.54) is 5.56 Å². The average molecular weight is 256 g/mol. The van der Waals surface area contributed by atoms with Crippen LogP contribution in [0.3, 0.4) is 0 Å². The zero-order valence-electron chi connectivity index (χ0n) is 11.5. The van der Waals surface area contributed by atoms with Crippen LogP contribution >= 0.6 is 0 Å². The third kappa shape index (κ3) is 3.12. The lowest BCUT2D eigenvalue weighted by atomic mass is 9.99. The maximum Gasteiger partial charge on any atom is 0.250 e. The SMILES string of the molecule is CC(C)c1ccc(-c2ccc(=O)n(CCN)c2)cc1. The summed E-state index contributed by atoms with van der Waals surface area (Å²) in [5.74, 6) is 0.528. The van der Waals surface area contributed by atoms with Crippen molar-refractivity contribution >= 4 is 0 Å². The molecule has 0 amide bonds. The predicted molar refractivity (Wildman–Crippen MR) is 79.3 cm³/mol. The van der Waals surface area contributed by atoms with Crippen LogP contribution in [0.5, 0.6) is 0 Å². The van der Waals surface area contributed by atoms with E-state index < -0.39 is 0 Å².